The van der Waals surface area contributed by atoms with Gasteiger partial charge in [0.1, 0.15) is 0 Å². The highest BCUT2D eigenvalue weighted by molar-refractivity contribution is 5.91. The van der Waals surface area contributed by atoms with Crippen LogP contribution in [0.4, 0.5) is 0 Å². The van der Waals surface area contributed by atoms with Crippen molar-refractivity contribution in [3.05, 3.63) is 34.0 Å². The fourth-order valence-corrected chi connectivity index (χ4v) is 1.68. The fraction of sp³-hybridized carbons (Fsp3) is 0.500. The van der Waals surface area contributed by atoms with E-state index in [1.54, 1.807) is 6.92 Å². The van der Waals surface area contributed by atoms with Crippen molar-refractivity contribution in [1.82, 2.24) is 0 Å². The summed E-state index contributed by atoms with van der Waals surface area (Å²) in [7, 11) is 1.36. The Morgan fingerprint density at radius 1 is 1.75 bits per heavy atom. The van der Waals surface area contributed by atoms with Crippen LogP contribution in [-0.2, 0) is 9.53 Å². The van der Waals surface area contributed by atoms with E-state index in [0.717, 1.165) is 0 Å². The molecule has 0 spiro atoms. The molecule has 1 rings (SSSR count). The van der Waals surface area contributed by atoms with Gasteiger partial charge in [0, 0.05) is 25.7 Å². The van der Waals surface area contributed by atoms with Crippen molar-refractivity contribution in [2.24, 2.45) is 5.73 Å². The lowest BCUT2D eigenvalue weighted by atomic mass is 9.84. The van der Waals surface area contributed by atoms with Crippen molar-refractivity contribution in [2.75, 3.05) is 7.11 Å². The predicted octanol–water partition coefficient (Wildman–Crippen LogP) is 0.408. The third kappa shape index (κ3) is 1.89. The van der Waals surface area contributed by atoms with Crippen molar-refractivity contribution in [2.45, 2.75) is 25.0 Å². The first-order chi connectivity index (χ1) is 7.47. The quantitative estimate of drug-likeness (QED) is 0.553. The molecule has 6 nitrogen and oxygen atoms in total. The van der Waals surface area contributed by atoms with Gasteiger partial charge < -0.3 is 10.5 Å². The largest absolute Gasteiger partial charge is 0.364 e. The smallest absolute Gasteiger partial charge is 0.266 e. The number of nitrogens with two attached hydrogens (primary N) is 1. The topological polar surface area (TPSA) is 95.5 Å². The molecule has 0 bridgehead atoms. The molecule has 2 unspecified atom stereocenters. The Kier molecular flexibility index (Phi) is 3.56. The number of nitrogens with zero attached hydrogens (tertiary/aromatic N) is 1. The van der Waals surface area contributed by atoms with Crippen LogP contribution in [0.2, 0.25) is 0 Å². The molecule has 0 amide bonds. The van der Waals surface area contributed by atoms with Crippen LogP contribution in [0.3, 0.4) is 0 Å². The Bertz CT molecular complexity index is 375. The number of nitro groups is 1. The summed E-state index contributed by atoms with van der Waals surface area (Å²) >= 11 is 0. The number of methoxy groups -OCH3 is 1. The number of rotatable bonds is 4. The molecule has 0 heterocycles. The van der Waals surface area contributed by atoms with Crippen LogP contribution in [0.1, 0.15) is 13.3 Å². The summed E-state index contributed by atoms with van der Waals surface area (Å²) in [6.07, 6.45) is 4.10. The van der Waals surface area contributed by atoms with Crippen molar-refractivity contribution in [3.8, 4) is 0 Å². The second-order valence-corrected chi connectivity index (χ2v) is 3.48. The second kappa shape index (κ2) is 4.54. The molecule has 2 atom stereocenters. The van der Waals surface area contributed by atoms with Crippen LogP contribution in [0.15, 0.2) is 23.9 Å². The van der Waals surface area contributed by atoms with Gasteiger partial charge in [0.25, 0.3) is 5.70 Å². The lowest BCUT2D eigenvalue weighted by Gasteiger charge is -2.33. The molecule has 1 aliphatic carbocycles. The first-order valence-corrected chi connectivity index (χ1v) is 4.87. The van der Waals surface area contributed by atoms with Crippen molar-refractivity contribution in [1.29, 1.82) is 0 Å². The highest BCUT2D eigenvalue weighted by Crippen LogP contribution is 2.26. The maximum atomic E-state index is 11.8. The third-order valence-corrected chi connectivity index (χ3v) is 2.65. The van der Waals surface area contributed by atoms with Gasteiger partial charge in [-0.15, -0.1) is 0 Å². The fourth-order valence-electron chi connectivity index (χ4n) is 1.68. The maximum absolute atomic E-state index is 11.8. The molecule has 88 valence electrons. The van der Waals surface area contributed by atoms with Crippen LogP contribution in [-0.4, -0.2) is 29.5 Å². The number of hydrogen-bond donors (Lipinski definition) is 1. The van der Waals surface area contributed by atoms with Crippen LogP contribution >= 0.6 is 0 Å². The van der Waals surface area contributed by atoms with E-state index in [9.17, 15) is 14.9 Å². The van der Waals surface area contributed by atoms with E-state index in [0.29, 0.717) is 0 Å². The molecule has 2 N–H and O–H groups in total. The Morgan fingerprint density at radius 2 is 2.38 bits per heavy atom. The third-order valence-electron chi connectivity index (χ3n) is 2.65. The minimum Gasteiger partial charge on any atom is -0.364 e. The molecule has 0 radical (unpaired) electrons. The molecule has 0 aromatic rings. The molecule has 0 fully saturated rings. The summed E-state index contributed by atoms with van der Waals surface area (Å²) in [6.45, 7) is 1.69. The summed E-state index contributed by atoms with van der Waals surface area (Å²) in [5, 5.41) is 10.5. The van der Waals surface area contributed by atoms with Crippen LogP contribution in [0.25, 0.3) is 0 Å². The molecule has 0 saturated carbocycles. The van der Waals surface area contributed by atoms with Gasteiger partial charge in [0.05, 0.1) is 11.0 Å². The highest BCUT2D eigenvalue weighted by Gasteiger charge is 2.43. The molecule has 1 aliphatic rings. The zero-order chi connectivity index (χ0) is 12.3. The van der Waals surface area contributed by atoms with Gasteiger partial charge in [-0.05, 0) is 6.08 Å². The van der Waals surface area contributed by atoms with E-state index in [1.165, 1.54) is 25.3 Å². The molecule has 16 heavy (non-hydrogen) atoms. The zero-order valence-electron chi connectivity index (χ0n) is 9.17. The summed E-state index contributed by atoms with van der Waals surface area (Å²) in [6, 6.07) is -0.838. The average molecular weight is 226 g/mol. The monoisotopic (exact) mass is 226 g/mol. The van der Waals surface area contributed by atoms with Crippen LogP contribution in [0, 0.1) is 10.1 Å². The lowest BCUT2D eigenvalue weighted by Crippen LogP contribution is -2.54. The lowest BCUT2D eigenvalue weighted by molar-refractivity contribution is -0.419. The normalized spacial score (nSPS) is 28.7. The van der Waals surface area contributed by atoms with E-state index in [1.807, 2.05) is 0 Å². The Labute approximate surface area is 92.9 Å². The molecule has 0 aromatic carbocycles. The minimum absolute atomic E-state index is 0.121. The Hall–Kier alpha value is -1.53. The van der Waals surface area contributed by atoms with E-state index in [4.69, 9.17) is 10.5 Å². The maximum Gasteiger partial charge on any atom is 0.266 e. The zero-order valence-corrected chi connectivity index (χ0v) is 9.17. The Morgan fingerprint density at radius 3 is 2.75 bits per heavy atom. The van der Waals surface area contributed by atoms with E-state index >= 15 is 0 Å². The number of hydrogen-bond acceptors (Lipinski definition) is 5. The number of ketones is 1. The van der Waals surface area contributed by atoms with Crippen LogP contribution in [0.5, 0.6) is 0 Å². The van der Waals surface area contributed by atoms with E-state index in [-0.39, 0.29) is 17.9 Å². The number of allylic oxidation sites excluding steroid dienone is 1. The standard InChI is InChI=1S/C10H14N2O4/c1-3-9(13)10(16-2)5-4-7(12(14)15)6-8(10)11/h4-6,8H,3,11H2,1-2H3. The summed E-state index contributed by atoms with van der Waals surface area (Å²) < 4.78 is 5.14. The van der Waals surface area contributed by atoms with Crippen molar-refractivity contribution < 1.29 is 14.5 Å². The van der Waals surface area contributed by atoms with E-state index in [2.05, 4.69) is 0 Å². The van der Waals surface area contributed by atoms with E-state index < -0.39 is 16.6 Å². The average Bonchev–Trinajstić information content (AvgIpc) is 2.28. The van der Waals surface area contributed by atoms with Gasteiger partial charge >= 0.3 is 0 Å². The first kappa shape index (κ1) is 12.5. The molecule has 0 aromatic heterocycles. The minimum atomic E-state index is -1.27. The van der Waals surface area contributed by atoms with Crippen molar-refractivity contribution in [3.63, 3.8) is 0 Å². The number of Topliss-reactive ketones (excluding diaryl/α,β-unsaturated/α-hetero) is 1. The molecule has 0 aliphatic heterocycles. The highest BCUT2D eigenvalue weighted by atomic mass is 16.6. The molecule has 0 saturated heterocycles. The van der Waals surface area contributed by atoms with Crippen molar-refractivity contribution >= 4 is 5.78 Å². The summed E-state index contributed by atoms with van der Waals surface area (Å²) in [4.78, 5) is 21.7. The summed E-state index contributed by atoms with van der Waals surface area (Å²) in [5.74, 6) is -0.197. The van der Waals surface area contributed by atoms with Gasteiger partial charge in [0.2, 0.25) is 0 Å². The van der Waals surface area contributed by atoms with Crippen LogP contribution < -0.4 is 5.73 Å². The number of carbonyl (C=O) groups is 1. The van der Waals surface area contributed by atoms with Gasteiger partial charge in [-0.25, -0.2) is 0 Å². The van der Waals surface area contributed by atoms with Gasteiger partial charge in [-0.2, -0.15) is 0 Å². The second-order valence-electron chi connectivity index (χ2n) is 3.48. The number of carbonyl (C=O) groups excluding carboxylic acids is 1. The molecular weight excluding hydrogens is 212 g/mol. The predicted molar refractivity (Wildman–Crippen MR) is 57.2 cm³/mol. The Balaban J connectivity index is 3.08. The van der Waals surface area contributed by atoms with Gasteiger partial charge in [-0.3, -0.25) is 14.9 Å². The molecule has 6 heteroatoms. The van der Waals surface area contributed by atoms with Gasteiger partial charge in [-0.1, -0.05) is 6.92 Å². The molecular formula is C10H14N2O4. The SMILES string of the molecule is CCC(=O)C1(OC)C=CC([N+](=O)[O-])=CC1N. The van der Waals surface area contributed by atoms with Gasteiger partial charge in [0.15, 0.2) is 11.4 Å². The first-order valence-electron chi connectivity index (χ1n) is 4.87. The summed E-state index contributed by atoms with van der Waals surface area (Å²) in [5.41, 5.74) is 4.36. The number of ether oxygens (including phenoxy) is 1.